The van der Waals surface area contributed by atoms with Gasteiger partial charge in [-0.05, 0) is 42.5 Å². The number of ether oxygens (including phenoxy) is 1. The van der Waals surface area contributed by atoms with Crippen molar-refractivity contribution in [2.45, 2.75) is 44.4 Å². The highest BCUT2D eigenvalue weighted by Crippen LogP contribution is 2.34. The number of thiazole rings is 1. The number of amides is 1. The molecule has 0 radical (unpaired) electrons. The molecule has 29 heavy (non-hydrogen) atoms. The summed E-state index contributed by atoms with van der Waals surface area (Å²) in [7, 11) is 0. The van der Waals surface area contributed by atoms with Crippen LogP contribution in [0.4, 0.5) is 5.13 Å². The third-order valence-electron chi connectivity index (χ3n) is 5.34. The largest absolute Gasteiger partial charge is 0.484 e. The Morgan fingerprint density at radius 1 is 1.00 bits per heavy atom. The number of carbonyl (C=O) groups is 1. The molecule has 1 aliphatic rings. The Kier molecular flexibility index (Phi) is 6.57. The summed E-state index contributed by atoms with van der Waals surface area (Å²) in [6, 6.07) is 18.3. The molecule has 1 aliphatic carbocycles. The molecule has 1 amide bonds. The quantitative estimate of drug-likeness (QED) is 0.539. The van der Waals surface area contributed by atoms with Crippen LogP contribution in [0.25, 0.3) is 0 Å². The van der Waals surface area contributed by atoms with E-state index in [0.29, 0.717) is 16.8 Å². The predicted molar refractivity (Wildman–Crippen MR) is 118 cm³/mol. The molecule has 1 saturated carbocycles. The van der Waals surface area contributed by atoms with Crippen molar-refractivity contribution in [2.75, 3.05) is 11.9 Å². The fourth-order valence-electron chi connectivity index (χ4n) is 3.77. The zero-order valence-electron chi connectivity index (χ0n) is 16.5. The second kappa shape index (κ2) is 9.70. The molecule has 0 spiro atoms. The molecular formula is C24H26N2O2S. The molecule has 150 valence electrons. The number of hydrogen-bond donors (Lipinski definition) is 1. The van der Waals surface area contributed by atoms with Gasteiger partial charge in [-0.3, -0.25) is 10.1 Å². The Hall–Kier alpha value is -2.66. The van der Waals surface area contributed by atoms with Crippen LogP contribution < -0.4 is 10.1 Å². The normalized spacial score (nSPS) is 14.5. The van der Waals surface area contributed by atoms with Gasteiger partial charge in [-0.15, -0.1) is 11.3 Å². The number of rotatable bonds is 7. The van der Waals surface area contributed by atoms with Crippen LogP contribution in [0.5, 0.6) is 5.75 Å². The third-order valence-corrected chi connectivity index (χ3v) is 6.11. The van der Waals surface area contributed by atoms with Crippen LogP contribution in [0.1, 0.15) is 54.8 Å². The third kappa shape index (κ3) is 5.67. The number of benzene rings is 2. The summed E-state index contributed by atoms with van der Waals surface area (Å²) < 4.78 is 5.63. The topological polar surface area (TPSA) is 51.2 Å². The van der Waals surface area contributed by atoms with Crippen molar-refractivity contribution in [3.8, 4) is 5.75 Å². The average Bonchev–Trinajstić information content (AvgIpc) is 3.23. The molecule has 1 aromatic heterocycles. The number of anilines is 1. The van der Waals surface area contributed by atoms with E-state index >= 15 is 0 Å². The number of nitrogens with zero attached hydrogens (tertiary/aromatic N) is 1. The standard InChI is InChI=1S/C24H26N2O2S/c27-23(26-24-25-22(17-29-24)20-9-5-2-6-10-20)16-28-21-13-11-19(12-14-21)15-18-7-3-1-4-8-18/h1,3-4,7-8,11-14,17,20H,2,5-6,9-10,15-16H2,(H,25,26,27). The van der Waals surface area contributed by atoms with Crippen LogP contribution in [-0.2, 0) is 11.2 Å². The van der Waals surface area contributed by atoms with E-state index in [-0.39, 0.29) is 12.5 Å². The number of carbonyl (C=O) groups excluding carboxylic acids is 1. The number of nitrogens with one attached hydrogen (secondary N) is 1. The lowest BCUT2D eigenvalue weighted by atomic mass is 9.87. The highest BCUT2D eigenvalue weighted by Gasteiger charge is 2.18. The van der Waals surface area contributed by atoms with Crippen LogP contribution in [0.2, 0.25) is 0 Å². The van der Waals surface area contributed by atoms with Crippen LogP contribution in [0.3, 0.4) is 0 Å². The second-order valence-electron chi connectivity index (χ2n) is 7.56. The summed E-state index contributed by atoms with van der Waals surface area (Å²) in [6.07, 6.45) is 7.19. The van der Waals surface area contributed by atoms with Crippen LogP contribution >= 0.6 is 11.3 Å². The van der Waals surface area contributed by atoms with Crippen molar-refractivity contribution < 1.29 is 9.53 Å². The zero-order valence-corrected chi connectivity index (χ0v) is 17.3. The molecule has 0 saturated heterocycles. The molecule has 2 aromatic carbocycles. The molecule has 4 rings (SSSR count). The summed E-state index contributed by atoms with van der Waals surface area (Å²) in [5.74, 6) is 1.07. The summed E-state index contributed by atoms with van der Waals surface area (Å²) in [5.41, 5.74) is 3.61. The van der Waals surface area contributed by atoms with E-state index in [1.807, 2.05) is 42.5 Å². The minimum atomic E-state index is -0.178. The van der Waals surface area contributed by atoms with E-state index < -0.39 is 0 Å². The maximum absolute atomic E-state index is 12.2. The summed E-state index contributed by atoms with van der Waals surface area (Å²) >= 11 is 1.50. The maximum Gasteiger partial charge on any atom is 0.264 e. The van der Waals surface area contributed by atoms with Gasteiger partial charge >= 0.3 is 0 Å². The van der Waals surface area contributed by atoms with E-state index in [9.17, 15) is 4.79 Å². The lowest BCUT2D eigenvalue weighted by molar-refractivity contribution is -0.118. The molecule has 0 unspecified atom stereocenters. The molecule has 5 heteroatoms. The minimum Gasteiger partial charge on any atom is -0.484 e. The van der Waals surface area contributed by atoms with Crippen molar-refractivity contribution >= 4 is 22.4 Å². The lowest BCUT2D eigenvalue weighted by Crippen LogP contribution is -2.20. The lowest BCUT2D eigenvalue weighted by Gasteiger charge is -2.19. The van der Waals surface area contributed by atoms with Gasteiger partial charge in [0.2, 0.25) is 0 Å². The van der Waals surface area contributed by atoms with E-state index in [4.69, 9.17) is 4.74 Å². The van der Waals surface area contributed by atoms with Crippen molar-refractivity contribution in [1.82, 2.24) is 4.98 Å². The highest BCUT2D eigenvalue weighted by atomic mass is 32.1. The second-order valence-corrected chi connectivity index (χ2v) is 8.41. The first kappa shape index (κ1) is 19.6. The molecule has 0 bridgehead atoms. The molecule has 3 aromatic rings. The minimum absolute atomic E-state index is 0.0175. The summed E-state index contributed by atoms with van der Waals surface area (Å²) in [5, 5.41) is 5.60. The monoisotopic (exact) mass is 406 g/mol. The summed E-state index contributed by atoms with van der Waals surface area (Å²) in [6.45, 7) is -0.0175. The molecule has 1 heterocycles. The van der Waals surface area contributed by atoms with Crippen molar-refractivity contribution in [2.24, 2.45) is 0 Å². The summed E-state index contributed by atoms with van der Waals surface area (Å²) in [4.78, 5) is 16.8. The predicted octanol–water partition coefficient (Wildman–Crippen LogP) is 5.80. The van der Waals surface area contributed by atoms with Crippen molar-refractivity contribution in [1.29, 1.82) is 0 Å². The van der Waals surface area contributed by atoms with Gasteiger partial charge in [-0.2, -0.15) is 0 Å². The van der Waals surface area contributed by atoms with Gasteiger partial charge in [0.1, 0.15) is 5.75 Å². The smallest absolute Gasteiger partial charge is 0.264 e. The molecule has 1 fully saturated rings. The Balaban J connectivity index is 1.25. The van der Waals surface area contributed by atoms with E-state index in [1.165, 1.54) is 54.6 Å². The van der Waals surface area contributed by atoms with Crippen LogP contribution in [-0.4, -0.2) is 17.5 Å². The maximum atomic E-state index is 12.2. The number of aromatic nitrogens is 1. The molecule has 4 nitrogen and oxygen atoms in total. The highest BCUT2D eigenvalue weighted by molar-refractivity contribution is 7.13. The van der Waals surface area contributed by atoms with Gasteiger partial charge in [0.15, 0.2) is 11.7 Å². The first-order valence-electron chi connectivity index (χ1n) is 10.3. The fourth-order valence-corrected chi connectivity index (χ4v) is 4.58. The molecular weight excluding hydrogens is 380 g/mol. The number of hydrogen-bond acceptors (Lipinski definition) is 4. The SMILES string of the molecule is O=C(COc1ccc(Cc2ccccc2)cc1)Nc1nc(C2CCCCC2)cs1. The van der Waals surface area contributed by atoms with Gasteiger partial charge in [-0.25, -0.2) is 4.98 Å². The van der Waals surface area contributed by atoms with Gasteiger partial charge in [0, 0.05) is 11.3 Å². The Bertz CT molecular complexity index is 916. The first-order chi connectivity index (χ1) is 14.3. The van der Waals surface area contributed by atoms with E-state index in [2.05, 4.69) is 27.8 Å². The average molecular weight is 407 g/mol. The molecule has 1 N–H and O–H groups in total. The van der Waals surface area contributed by atoms with Gasteiger partial charge in [-0.1, -0.05) is 61.7 Å². The first-order valence-corrected chi connectivity index (χ1v) is 11.2. The molecule has 0 aliphatic heterocycles. The van der Waals surface area contributed by atoms with E-state index in [1.54, 1.807) is 0 Å². The Morgan fingerprint density at radius 3 is 2.48 bits per heavy atom. The van der Waals surface area contributed by atoms with Crippen molar-refractivity contribution in [3.63, 3.8) is 0 Å². The zero-order chi connectivity index (χ0) is 19.9. The van der Waals surface area contributed by atoms with Crippen LogP contribution in [0, 0.1) is 0 Å². The van der Waals surface area contributed by atoms with Gasteiger partial charge < -0.3 is 4.74 Å². The van der Waals surface area contributed by atoms with Gasteiger partial charge in [0.25, 0.3) is 5.91 Å². The van der Waals surface area contributed by atoms with Crippen LogP contribution in [0.15, 0.2) is 60.0 Å². The fraction of sp³-hybridized carbons (Fsp3) is 0.333. The Morgan fingerprint density at radius 2 is 1.72 bits per heavy atom. The Labute approximate surface area is 176 Å². The van der Waals surface area contributed by atoms with E-state index in [0.717, 1.165) is 12.1 Å². The van der Waals surface area contributed by atoms with Gasteiger partial charge in [0.05, 0.1) is 5.69 Å². The van der Waals surface area contributed by atoms with Crippen molar-refractivity contribution in [3.05, 3.63) is 76.8 Å². The molecule has 0 atom stereocenters.